The molecule has 0 saturated heterocycles. The number of benzene rings is 2. The highest BCUT2D eigenvalue weighted by atomic mass is 16.5. The maximum absolute atomic E-state index is 12.4. The number of amides is 1. The van der Waals surface area contributed by atoms with E-state index in [1.54, 1.807) is 18.2 Å². The van der Waals surface area contributed by atoms with E-state index in [0.717, 1.165) is 16.6 Å². The highest BCUT2D eigenvalue weighted by Gasteiger charge is 2.09. The molecule has 0 atom stereocenters. The van der Waals surface area contributed by atoms with Gasteiger partial charge in [0, 0.05) is 29.3 Å². The summed E-state index contributed by atoms with van der Waals surface area (Å²) in [5.41, 5.74) is 2.92. The van der Waals surface area contributed by atoms with E-state index >= 15 is 0 Å². The van der Waals surface area contributed by atoms with Gasteiger partial charge in [0.1, 0.15) is 5.75 Å². The summed E-state index contributed by atoms with van der Waals surface area (Å²) >= 11 is 0. The highest BCUT2D eigenvalue weighted by Crippen LogP contribution is 2.20. The third kappa shape index (κ3) is 3.57. The molecule has 0 aliphatic carbocycles. The summed E-state index contributed by atoms with van der Waals surface area (Å²) in [6, 6.07) is 15.9. The SMILES string of the molecule is CC(=O)Oc1cccc(C(=O)Nc2ccc3nc(C)ccc3c2)c1. The van der Waals surface area contributed by atoms with Gasteiger partial charge in [0.15, 0.2) is 0 Å². The number of aromatic nitrogens is 1. The third-order valence-corrected chi connectivity index (χ3v) is 3.44. The molecule has 0 aliphatic heterocycles. The maximum Gasteiger partial charge on any atom is 0.308 e. The first kappa shape index (κ1) is 15.7. The molecule has 3 rings (SSSR count). The van der Waals surface area contributed by atoms with Gasteiger partial charge in [0.05, 0.1) is 5.52 Å². The molecule has 0 radical (unpaired) electrons. The topological polar surface area (TPSA) is 68.3 Å². The Bertz CT molecular complexity index is 935. The van der Waals surface area contributed by atoms with Crippen molar-refractivity contribution < 1.29 is 14.3 Å². The van der Waals surface area contributed by atoms with Gasteiger partial charge in [0.25, 0.3) is 5.91 Å². The molecule has 0 unspecified atom stereocenters. The Kier molecular flexibility index (Phi) is 4.24. The summed E-state index contributed by atoms with van der Waals surface area (Å²) in [6.45, 7) is 3.25. The number of rotatable bonds is 3. The van der Waals surface area contributed by atoms with Gasteiger partial charge in [-0.25, -0.2) is 0 Å². The van der Waals surface area contributed by atoms with Crippen LogP contribution in [0.5, 0.6) is 5.75 Å². The Morgan fingerprint density at radius 1 is 1.04 bits per heavy atom. The quantitative estimate of drug-likeness (QED) is 0.590. The Hall–Kier alpha value is -3.21. The molecule has 24 heavy (non-hydrogen) atoms. The van der Waals surface area contributed by atoms with Crippen molar-refractivity contribution in [1.29, 1.82) is 0 Å². The fraction of sp³-hybridized carbons (Fsp3) is 0.105. The lowest BCUT2D eigenvalue weighted by Gasteiger charge is -2.08. The standard InChI is InChI=1S/C19H16N2O3/c1-12-6-7-14-10-16(8-9-18(14)20-12)21-19(23)15-4-3-5-17(11-15)24-13(2)22/h3-11H,1-2H3,(H,21,23). The number of hydrogen-bond acceptors (Lipinski definition) is 4. The van der Waals surface area contributed by atoms with Crippen molar-refractivity contribution in [2.24, 2.45) is 0 Å². The van der Waals surface area contributed by atoms with Gasteiger partial charge in [-0.1, -0.05) is 12.1 Å². The first-order valence-corrected chi connectivity index (χ1v) is 7.48. The molecule has 0 saturated carbocycles. The van der Waals surface area contributed by atoms with E-state index in [0.29, 0.717) is 17.0 Å². The summed E-state index contributed by atoms with van der Waals surface area (Å²) < 4.78 is 5.00. The predicted octanol–water partition coefficient (Wildman–Crippen LogP) is 3.72. The molecular weight excluding hydrogens is 304 g/mol. The van der Waals surface area contributed by atoms with Crippen molar-refractivity contribution in [3.8, 4) is 5.75 Å². The number of anilines is 1. The van der Waals surface area contributed by atoms with E-state index in [-0.39, 0.29) is 5.91 Å². The van der Waals surface area contributed by atoms with Crippen LogP contribution in [0.2, 0.25) is 0 Å². The van der Waals surface area contributed by atoms with Crippen LogP contribution < -0.4 is 10.1 Å². The molecule has 0 fully saturated rings. The molecule has 3 aromatic rings. The van der Waals surface area contributed by atoms with E-state index in [9.17, 15) is 9.59 Å². The maximum atomic E-state index is 12.4. The number of pyridine rings is 1. The number of nitrogens with one attached hydrogen (secondary N) is 1. The van der Waals surface area contributed by atoms with Gasteiger partial charge in [0.2, 0.25) is 0 Å². The minimum absolute atomic E-state index is 0.275. The summed E-state index contributed by atoms with van der Waals surface area (Å²) in [4.78, 5) is 27.8. The minimum Gasteiger partial charge on any atom is -0.427 e. The van der Waals surface area contributed by atoms with E-state index < -0.39 is 5.97 Å². The van der Waals surface area contributed by atoms with Crippen LogP contribution in [0.1, 0.15) is 23.0 Å². The minimum atomic E-state index is -0.426. The molecule has 0 bridgehead atoms. The number of hydrogen-bond donors (Lipinski definition) is 1. The molecule has 1 aromatic heterocycles. The van der Waals surface area contributed by atoms with E-state index in [2.05, 4.69) is 10.3 Å². The van der Waals surface area contributed by atoms with Crippen LogP contribution in [0.4, 0.5) is 5.69 Å². The smallest absolute Gasteiger partial charge is 0.308 e. The molecule has 1 amide bonds. The summed E-state index contributed by atoms with van der Waals surface area (Å²) in [6.07, 6.45) is 0. The zero-order valence-electron chi connectivity index (χ0n) is 13.4. The normalized spacial score (nSPS) is 10.4. The van der Waals surface area contributed by atoms with Gasteiger partial charge < -0.3 is 10.1 Å². The summed E-state index contributed by atoms with van der Waals surface area (Å²) in [5.74, 6) is -0.360. The second kappa shape index (κ2) is 6.50. The first-order chi connectivity index (χ1) is 11.5. The number of carbonyl (C=O) groups excluding carboxylic acids is 2. The first-order valence-electron chi connectivity index (χ1n) is 7.48. The number of esters is 1. The lowest BCUT2D eigenvalue weighted by molar-refractivity contribution is -0.131. The summed E-state index contributed by atoms with van der Waals surface area (Å²) in [7, 11) is 0. The summed E-state index contributed by atoms with van der Waals surface area (Å²) in [5, 5.41) is 3.79. The molecule has 1 N–H and O–H groups in total. The Balaban J connectivity index is 1.81. The zero-order valence-corrected chi connectivity index (χ0v) is 13.4. The predicted molar refractivity (Wildman–Crippen MR) is 92.2 cm³/mol. The number of fused-ring (bicyclic) bond motifs is 1. The van der Waals surface area contributed by atoms with Crippen LogP contribution in [0.25, 0.3) is 10.9 Å². The molecular formula is C19H16N2O3. The van der Waals surface area contributed by atoms with Crippen molar-refractivity contribution in [3.05, 3.63) is 65.9 Å². The van der Waals surface area contributed by atoms with Crippen LogP contribution >= 0.6 is 0 Å². The monoisotopic (exact) mass is 320 g/mol. The lowest BCUT2D eigenvalue weighted by atomic mass is 10.1. The molecule has 2 aromatic carbocycles. The van der Waals surface area contributed by atoms with Crippen molar-refractivity contribution in [2.75, 3.05) is 5.32 Å². The Morgan fingerprint density at radius 3 is 2.67 bits per heavy atom. The van der Waals surface area contributed by atoms with Gasteiger partial charge in [-0.2, -0.15) is 0 Å². The third-order valence-electron chi connectivity index (χ3n) is 3.44. The Labute approximate surface area is 139 Å². The fourth-order valence-corrected chi connectivity index (χ4v) is 2.38. The van der Waals surface area contributed by atoms with E-state index in [1.165, 1.54) is 13.0 Å². The molecule has 5 heteroatoms. The van der Waals surface area contributed by atoms with Crippen molar-refractivity contribution >= 4 is 28.5 Å². The molecule has 0 spiro atoms. The number of aryl methyl sites for hydroxylation is 1. The average Bonchev–Trinajstić information content (AvgIpc) is 2.54. The van der Waals surface area contributed by atoms with Crippen molar-refractivity contribution in [1.82, 2.24) is 4.98 Å². The second-order valence-corrected chi connectivity index (χ2v) is 5.44. The van der Waals surface area contributed by atoms with Crippen LogP contribution in [0.3, 0.4) is 0 Å². The van der Waals surface area contributed by atoms with E-state index in [4.69, 9.17) is 4.74 Å². The fourth-order valence-electron chi connectivity index (χ4n) is 2.38. The number of carbonyl (C=O) groups is 2. The molecule has 5 nitrogen and oxygen atoms in total. The van der Waals surface area contributed by atoms with Gasteiger partial charge in [-0.15, -0.1) is 0 Å². The van der Waals surface area contributed by atoms with E-state index in [1.807, 2.05) is 37.3 Å². The van der Waals surface area contributed by atoms with Gasteiger partial charge in [-0.05, 0) is 49.4 Å². The second-order valence-electron chi connectivity index (χ2n) is 5.44. The molecule has 0 aliphatic rings. The number of ether oxygens (including phenoxy) is 1. The zero-order chi connectivity index (χ0) is 17.1. The highest BCUT2D eigenvalue weighted by molar-refractivity contribution is 6.05. The average molecular weight is 320 g/mol. The van der Waals surface area contributed by atoms with Crippen molar-refractivity contribution in [3.63, 3.8) is 0 Å². The van der Waals surface area contributed by atoms with Crippen LogP contribution in [0.15, 0.2) is 54.6 Å². The largest absolute Gasteiger partial charge is 0.427 e. The molecule has 1 heterocycles. The van der Waals surface area contributed by atoms with Crippen LogP contribution in [-0.4, -0.2) is 16.9 Å². The molecule has 120 valence electrons. The van der Waals surface area contributed by atoms with Crippen LogP contribution in [0, 0.1) is 6.92 Å². The van der Waals surface area contributed by atoms with Crippen LogP contribution in [-0.2, 0) is 4.79 Å². The lowest BCUT2D eigenvalue weighted by Crippen LogP contribution is -2.12. The Morgan fingerprint density at radius 2 is 1.88 bits per heavy atom. The van der Waals surface area contributed by atoms with Gasteiger partial charge >= 0.3 is 5.97 Å². The van der Waals surface area contributed by atoms with Crippen molar-refractivity contribution in [2.45, 2.75) is 13.8 Å². The van der Waals surface area contributed by atoms with Gasteiger partial charge in [-0.3, -0.25) is 14.6 Å². The number of nitrogens with zero attached hydrogens (tertiary/aromatic N) is 1.